The molecular weight excluding hydrogens is 200 g/mol. The molecule has 4 heteroatoms. The molecule has 0 bridgehead atoms. The molecule has 0 aromatic carbocycles. The average molecular weight is 218 g/mol. The van der Waals surface area contributed by atoms with Gasteiger partial charge in [-0.15, -0.1) is 0 Å². The minimum absolute atomic E-state index is 0.286. The fraction of sp³-hybridized carbons (Fsp3) is 0.500. The van der Waals surface area contributed by atoms with E-state index in [-0.39, 0.29) is 5.41 Å². The van der Waals surface area contributed by atoms with Gasteiger partial charge in [0.2, 0.25) is 0 Å². The summed E-state index contributed by atoms with van der Waals surface area (Å²) in [5.41, 5.74) is 1.31. The van der Waals surface area contributed by atoms with E-state index in [0.717, 1.165) is 24.3 Å². The number of hydrogen-bond donors (Lipinski definition) is 1. The van der Waals surface area contributed by atoms with Crippen LogP contribution in [0.5, 0.6) is 0 Å². The number of fused-ring (bicyclic) bond motifs is 1. The van der Waals surface area contributed by atoms with Gasteiger partial charge in [-0.3, -0.25) is 0 Å². The van der Waals surface area contributed by atoms with E-state index in [4.69, 9.17) is 0 Å². The van der Waals surface area contributed by atoms with Crippen molar-refractivity contribution in [3.05, 3.63) is 24.7 Å². The lowest BCUT2D eigenvalue weighted by Crippen LogP contribution is -2.22. The zero-order valence-electron chi connectivity index (χ0n) is 10.1. The molecule has 16 heavy (non-hydrogen) atoms. The molecule has 4 nitrogen and oxygen atoms in total. The largest absolute Gasteiger partial charge is 0.368 e. The monoisotopic (exact) mass is 218 g/mol. The summed E-state index contributed by atoms with van der Waals surface area (Å²) in [4.78, 5) is 4.34. The van der Waals surface area contributed by atoms with Crippen molar-refractivity contribution in [2.24, 2.45) is 5.41 Å². The predicted molar refractivity (Wildman–Crippen MR) is 65.5 cm³/mol. The third-order valence-electron chi connectivity index (χ3n) is 3.02. The molecule has 86 valence electrons. The third kappa shape index (κ3) is 2.15. The van der Waals surface area contributed by atoms with Crippen molar-refractivity contribution in [3.63, 3.8) is 0 Å². The standard InChI is InChI=1S/C12H18N4/c1-4-12(2,3)9-14-11-10-5-6-15-16(10)8-7-13-11/h5-8H,4,9H2,1-3H3,(H,13,14). The molecule has 0 atom stereocenters. The van der Waals surface area contributed by atoms with Crippen LogP contribution < -0.4 is 5.32 Å². The first-order chi connectivity index (χ1) is 7.62. The molecule has 0 aliphatic carbocycles. The van der Waals surface area contributed by atoms with Gasteiger partial charge in [0, 0.05) is 18.9 Å². The third-order valence-corrected chi connectivity index (χ3v) is 3.02. The van der Waals surface area contributed by atoms with Gasteiger partial charge in [-0.2, -0.15) is 5.10 Å². The molecule has 0 unspecified atom stereocenters. The highest BCUT2D eigenvalue weighted by Gasteiger charge is 2.15. The minimum Gasteiger partial charge on any atom is -0.368 e. The van der Waals surface area contributed by atoms with Crippen molar-refractivity contribution in [1.29, 1.82) is 0 Å². The van der Waals surface area contributed by atoms with E-state index in [1.807, 2.05) is 16.8 Å². The molecule has 0 aliphatic heterocycles. The van der Waals surface area contributed by atoms with Gasteiger partial charge in [-0.25, -0.2) is 9.50 Å². The van der Waals surface area contributed by atoms with Crippen molar-refractivity contribution in [2.45, 2.75) is 27.2 Å². The molecule has 0 saturated carbocycles. The maximum atomic E-state index is 4.34. The van der Waals surface area contributed by atoms with Crippen LogP contribution in [0.15, 0.2) is 24.7 Å². The fourth-order valence-electron chi connectivity index (χ4n) is 1.44. The highest BCUT2D eigenvalue weighted by molar-refractivity contribution is 5.66. The highest BCUT2D eigenvalue weighted by atomic mass is 15.2. The van der Waals surface area contributed by atoms with E-state index < -0.39 is 0 Å². The highest BCUT2D eigenvalue weighted by Crippen LogP contribution is 2.21. The van der Waals surface area contributed by atoms with E-state index >= 15 is 0 Å². The van der Waals surface area contributed by atoms with Crippen LogP contribution in [-0.4, -0.2) is 21.1 Å². The summed E-state index contributed by atoms with van der Waals surface area (Å²) in [5.74, 6) is 0.904. The number of nitrogens with zero attached hydrogens (tertiary/aromatic N) is 3. The van der Waals surface area contributed by atoms with E-state index in [9.17, 15) is 0 Å². The van der Waals surface area contributed by atoms with E-state index in [1.54, 1.807) is 12.4 Å². The van der Waals surface area contributed by atoms with Crippen LogP contribution in [0.1, 0.15) is 27.2 Å². The van der Waals surface area contributed by atoms with Gasteiger partial charge in [0.25, 0.3) is 0 Å². The zero-order chi connectivity index (χ0) is 11.6. The van der Waals surface area contributed by atoms with Gasteiger partial charge < -0.3 is 5.32 Å². The SMILES string of the molecule is CCC(C)(C)CNc1nccn2nccc12. The van der Waals surface area contributed by atoms with Gasteiger partial charge in [-0.1, -0.05) is 20.8 Å². The van der Waals surface area contributed by atoms with E-state index in [0.29, 0.717) is 0 Å². The normalized spacial score (nSPS) is 11.9. The molecule has 0 amide bonds. The fourth-order valence-corrected chi connectivity index (χ4v) is 1.44. The van der Waals surface area contributed by atoms with Crippen LogP contribution in [0.3, 0.4) is 0 Å². The van der Waals surface area contributed by atoms with Crippen LogP contribution in [0.4, 0.5) is 5.82 Å². The smallest absolute Gasteiger partial charge is 0.152 e. The van der Waals surface area contributed by atoms with Crippen molar-refractivity contribution in [3.8, 4) is 0 Å². The lowest BCUT2D eigenvalue weighted by atomic mass is 9.90. The van der Waals surface area contributed by atoms with Crippen molar-refractivity contribution < 1.29 is 0 Å². The van der Waals surface area contributed by atoms with Crippen LogP contribution in [0.25, 0.3) is 5.52 Å². The maximum Gasteiger partial charge on any atom is 0.152 e. The number of hydrogen-bond acceptors (Lipinski definition) is 3. The van der Waals surface area contributed by atoms with Gasteiger partial charge in [0.05, 0.1) is 6.20 Å². The maximum absolute atomic E-state index is 4.34. The van der Waals surface area contributed by atoms with Gasteiger partial charge in [-0.05, 0) is 17.9 Å². The summed E-state index contributed by atoms with van der Waals surface area (Å²) < 4.78 is 1.83. The Morgan fingerprint density at radius 1 is 1.38 bits per heavy atom. The minimum atomic E-state index is 0.286. The number of anilines is 1. The van der Waals surface area contributed by atoms with Crippen molar-refractivity contribution in [2.75, 3.05) is 11.9 Å². The Kier molecular flexibility index (Phi) is 2.81. The van der Waals surface area contributed by atoms with Crippen LogP contribution in [-0.2, 0) is 0 Å². The first-order valence-electron chi connectivity index (χ1n) is 5.64. The molecule has 1 N–H and O–H groups in total. The van der Waals surface area contributed by atoms with E-state index in [2.05, 4.69) is 36.2 Å². The molecule has 0 radical (unpaired) electrons. The molecule has 2 heterocycles. The van der Waals surface area contributed by atoms with Gasteiger partial charge in [0.1, 0.15) is 5.52 Å². The molecule has 0 fully saturated rings. The summed E-state index contributed by atoms with van der Waals surface area (Å²) >= 11 is 0. The second kappa shape index (κ2) is 4.12. The summed E-state index contributed by atoms with van der Waals surface area (Å²) in [6, 6.07) is 1.97. The Morgan fingerprint density at radius 2 is 2.19 bits per heavy atom. The molecule has 0 saturated heterocycles. The summed E-state index contributed by atoms with van der Waals surface area (Å²) in [5, 5.41) is 7.57. The first kappa shape index (κ1) is 10.9. The molecule has 0 aliphatic rings. The Labute approximate surface area is 95.7 Å². The molecule has 0 spiro atoms. The topological polar surface area (TPSA) is 42.2 Å². The second-order valence-corrected chi connectivity index (χ2v) is 4.81. The summed E-state index contributed by atoms with van der Waals surface area (Å²) in [6.07, 6.45) is 6.54. The van der Waals surface area contributed by atoms with Crippen LogP contribution >= 0.6 is 0 Å². The molecular formula is C12H18N4. The lowest BCUT2D eigenvalue weighted by Gasteiger charge is -2.23. The van der Waals surface area contributed by atoms with E-state index in [1.165, 1.54) is 0 Å². The van der Waals surface area contributed by atoms with Crippen LogP contribution in [0.2, 0.25) is 0 Å². The van der Waals surface area contributed by atoms with Crippen molar-refractivity contribution >= 4 is 11.3 Å². The van der Waals surface area contributed by atoms with Gasteiger partial charge >= 0.3 is 0 Å². The molecule has 2 aromatic rings. The zero-order valence-corrected chi connectivity index (χ0v) is 10.1. The summed E-state index contributed by atoms with van der Waals surface area (Å²) in [7, 11) is 0. The lowest BCUT2D eigenvalue weighted by molar-refractivity contribution is 0.376. The second-order valence-electron chi connectivity index (χ2n) is 4.81. The van der Waals surface area contributed by atoms with Crippen LogP contribution in [0, 0.1) is 5.41 Å². The Bertz CT molecular complexity index is 473. The van der Waals surface area contributed by atoms with Gasteiger partial charge in [0.15, 0.2) is 5.82 Å². The quantitative estimate of drug-likeness (QED) is 0.857. The number of rotatable bonds is 4. The molecule has 2 aromatic heterocycles. The predicted octanol–water partition coefficient (Wildman–Crippen LogP) is 2.58. The Balaban J connectivity index is 2.18. The Hall–Kier alpha value is -1.58. The summed E-state index contributed by atoms with van der Waals surface area (Å²) in [6.45, 7) is 7.61. The average Bonchev–Trinajstić information content (AvgIpc) is 2.75. The number of aromatic nitrogens is 3. The van der Waals surface area contributed by atoms with Crippen molar-refractivity contribution in [1.82, 2.24) is 14.6 Å². The first-order valence-corrected chi connectivity index (χ1v) is 5.64. The molecule has 2 rings (SSSR count). The number of nitrogens with one attached hydrogen (secondary N) is 1. The Morgan fingerprint density at radius 3 is 2.94 bits per heavy atom.